The van der Waals surface area contributed by atoms with Crippen LogP contribution in [0.4, 0.5) is 10.1 Å². The Balaban J connectivity index is 1.35. The lowest BCUT2D eigenvalue weighted by Crippen LogP contribution is -2.15. The summed E-state index contributed by atoms with van der Waals surface area (Å²) in [6, 6.07) is 16.9. The number of anilines is 1. The Morgan fingerprint density at radius 1 is 1.12 bits per heavy atom. The van der Waals surface area contributed by atoms with Crippen LogP contribution < -0.4 is 10.1 Å². The van der Waals surface area contributed by atoms with E-state index in [0.29, 0.717) is 34.5 Å². The molecule has 7 nitrogen and oxygen atoms in total. The van der Waals surface area contributed by atoms with Crippen LogP contribution >= 0.6 is 12.2 Å². The minimum atomic E-state index is -0.342. The third-order valence-corrected chi connectivity index (χ3v) is 5.00. The van der Waals surface area contributed by atoms with Crippen molar-refractivity contribution in [1.82, 2.24) is 19.7 Å². The number of aromatic nitrogens is 4. The molecule has 162 valence electrons. The van der Waals surface area contributed by atoms with Crippen molar-refractivity contribution in [2.24, 2.45) is 0 Å². The Morgan fingerprint density at radius 2 is 1.88 bits per heavy atom. The molecule has 2 aromatic carbocycles. The first-order valence-electron chi connectivity index (χ1n) is 9.89. The second-order valence-corrected chi connectivity index (χ2v) is 7.50. The van der Waals surface area contributed by atoms with Crippen LogP contribution in [0.2, 0.25) is 0 Å². The number of hydrogen-bond acceptors (Lipinski definition) is 5. The van der Waals surface area contributed by atoms with Gasteiger partial charge < -0.3 is 10.1 Å². The smallest absolute Gasteiger partial charge is 0.226 e. The number of rotatable bonds is 7. The van der Waals surface area contributed by atoms with Crippen molar-refractivity contribution in [3.8, 4) is 23.0 Å². The van der Waals surface area contributed by atoms with Crippen LogP contribution in [-0.4, -0.2) is 25.7 Å². The van der Waals surface area contributed by atoms with Gasteiger partial charge in [0.1, 0.15) is 11.6 Å². The first-order valence-corrected chi connectivity index (χ1v) is 10.3. The summed E-state index contributed by atoms with van der Waals surface area (Å²) in [5, 5.41) is 9.89. The number of aromatic amines is 1. The third-order valence-electron chi connectivity index (χ3n) is 4.69. The molecule has 2 N–H and O–H groups in total. The largest absolute Gasteiger partial charge is 0.439 e. The summed E-state index contributed by atoms with van der Waals surface area (Å²) in [5.41, 5.74) is 2.61. The van der Waals surface area contributed by atoms with E-state index in [4.69, 9.17) is 17.0 Å². The summed E-state index contributed by atoms with van der Waals surface area (Å²) < 4.78 is 20.8. The zero-order valence-electron chi connectivity index (χ0n) is 17.2. The number of nitrogens with one attached hydrogen (secondary N) is 2. The van der Waals surface area contributed by atoms with Crippen LogP contribution in [0, 0.1) is 17.5 Å². The molecule has 4 aromatic rings. The van der Waals surface area contributed by atoms with E-state index in [-0.39, 0.29) is 18.1 Å². The van der Waals surface area contributed by atoms with E-state index in [2.05, 4.69) is 20.5 Å². The summed E-state index contributed by atoms with van der Waals surface area (Å²) in [6.45, 7) is 2.39. The number of nitrogens with zero attached hydrogens (tertiary/aromatic N) is 3. The molecule has 0 unspecified atom stereocenters. The number of H-pyrrole nitrogens is 1. The molecule has 0 aliphatic rings. The minimum absolute atomic E-state index is 0.183. The predicted octanol–water partition coefficient (Wildman–Crippen LogP) is 5.27. The number of benzene rings is 2. The Bertz CT molecular complexity index is 1270. The Kier molecular flexibility index (Phi) is 6.37. The summed E-state index contributed by atoms with van der Waals surface area (Å²) in [5.74, 6) is 0.966. The van der Waals surface area contributed by atoms with E-state index in [1.165, 1.54) is 30.5 Å². The molecule has 4 rings (SSSR count). The van der Waals surface area contributed by atoms with Gasteiger partial charge in [-0.15, -0.1) is 0 Å². The highest BCUT2D eigenvalue weighted by Gasteiger charge is 2.11. The van der Waals surface area contributed by atoms with E-state index in [1.807, 2.05) is 31.2 Å². The SMILES string of the molecule is Cc1ccc(-c2n[nH]c(=S)n2CCC(=O)Nc2ccc(Oc3ccc(F)cc3)nc2)cc1. The van der Waals surface area contributed by atoms with Crippen LogP contribution in [0.1, 0.15) is 12.0 Å². The van der Waals surface area contributed by atoms with Crippen molar-refractivity contribution in [3.05, 3.63) is 83.0 Å². The van der Waals surface area contributed by atoms with Crippen molar-refractivity contribution in [1.29, 1.82) is 0 Å². The molecule has 9 heteroatoms. The third kappa shape index (κ3) is 5.25. The fourth-order valence-electron chi connectivity index (χ4n) is 3.02. The van der Waals surface area contributed by atoms with Crippen LogP contribution in [0.5, 0.6) is 11.6 Å². The number of carbonyl (C=O) groups is 1. The Morgan fingerprint density at radius 3 is 2.56 bits per heavy atom. The molecule has 0 saturated carbocycles. The fraction of sp³-hybridized carbons (Fsp3) is 0.130. The van der Waals surface area contributed by atoms with E-state index in [1.54, 1.807) is 16.7 Å². The molecule has 1 amide bonds. The van der Waals surface area contributed by atoms with Gasteiger partial charge in [0.25, 0.3) is 0 Å². The van der Waals surface area contributed by atoms with Crippen molar-refractivity contribution < 1.29 is 13.9 Å². The Hall–Kier alpha value is -3.85. The highest BCUT2D eigenvalue weighted by Crippen LogP contribution is 2.21. The lowest BCUT2D eigenvalue weighted by Gasteiger charge is -2.09. The van der Waals surface area contributed by atoms with Gasteiger partial charge in [0.2, 0.25) is 11.8 Å². The maximum Gasteiger partial charge on any atom is 0.226 e. The van der Waals surface area contributed by atoms with Gasteiger partial charge in [0, 0.05) is 24.6 Å². The number of amides is 1. The van der Waals surface area contributed by atoms with Gasteiger partial charge in [-0.3, -0.25) is 14.5 Å². The fourth-order valence-corrected chi connectivity index (χ4v) is 3.25. The summed E-state index contributed by atoms with van der Waals surface area (Å²) in [4.78, 5) is 16.6. The minimum Gasteiger partial charge on any atom is -0.439 e. The van der Waals surface area contributed by atoms with Crippen LogP contribution in [-0.2, 0) is 11.3 Å². The van der Waals surface area contributed by atoms with Crippen LogP contribution in [0.3, 0.4) is 0 Å². The summed E-state index contributed by atoms with van der Waals surface area (Å²) in [7, 11) is 0. The lowest BCUT2D eigenvalue weighted by atomic mass is 10.1. The topological polar surface area (TPSA) is 84.8 Å². The van der Waals surface area contributed by atoms with Crippen LogP contribution in [0.25, 0.3) is 11.4 Å². The van der Waals surface area contributed by atoms with Gasteiger partial charge in [-0.25, -0.2) is 9.37 Å². The average molecular weight is 450 g/mol. The highest BCUT2D eigenvalue weighted by molar-refractivity contribution is 7.71. The van der Waals surface area contributed by atoms with Crippen LogP contribution in [0.15, 0.2) is 66.9 Å². The molecule has 32 heavy (non-hydrogen) atoms. The maximum atomic E-state index is 13.0. The Labute approximate surface area is 188 Å². The molecule has 0 saturated heterocycles. The predicted molar refractivity (Wildman–Crippen MR) is 122 cm³/mol. The van der Waals surface area contributed by atoms with Crippen molar-refractivity contribution >= 4 is 23.8 Å². The normalized spacial score (nSPS) is 10.7. The van der Waals surface area contributed by atoms with Gasteiger partial charge in [-0.2, -0.15) is 5.10 Å². The van der Waals surface area contributed by atoms with Gasteiger partial charge in [0.15, 0.2) is 10.6 Å². The molecule has 0 aliphatic heterocycles. The van der Waals surface area contributed by atoms with Gasteiger partial charge >= 0.3 is 0 Å². The van der Waals surface area contributed by atoms with Crippen molar-refractivity contribution in [2.45, 2.75) is 19.9 Å². The number of ether oxygens (including phenoxy) is 1. The first-order chi connectivity index (χ1) is 15.5. The number of carbonyl (C=O) groups excluding carboxylic acids is 1. The molecule has 2 heterocycles. The van der Waals surface area contributed by atoms with Gasteiger partial charge in [0.05, 0.1) is 11.9 Å². The lowest BCUT2D eigenvalue weighted by molar-refractivity contribution is -0.116. The quantitative estimate of drug-likeness (QED) is 0.376. The summed E-state index contributed by atoms with van der Waals surface area (Å²) >= 11 is 5.32. The molecule has 0 radical (unpaired) electrons. The average Bonchev–Trinajstić information content (AvgIpc) is 3.16. The zero-order valence-corrected chi connectivity index (χ0v) is 18.0. The van der Waals surface area contributed by atoms with E-state index >= 15 is 0 Å². The molecule has 0 fully saturated rings. The van der Waals surface area contributed by atoms with E-state index in [9.17, 15) is 9.18 Å². The zero-order chi connectivity index (χ0) is 22.5. The van der Waals surface area contributed by atoms with E-state index in [0.717, 1.165) is 11.1 Å². The number of aryl methyl sites for hydroxylation is 1. The van der Waals surface area contributed by atoms with Gasteiger partial charge in [-0.1, -0.05) is 29.8 Å². The van der Waals surface area contributed by atoms with Crippen molar-refractivity contribution in [2.75, 3.05) is 5.32 Å². The standard InChI is InChI=1S/C23H20FN5O2S/c1-15-2-4-16(5-3-15)22-27-28-23(32)29(22)13-12-20(30)26-18-8-11-21(25-14-18)31-19-9-6-17(24)7-10-19/h2-11,14H,12-13H2,1H3,(H,26,30)(H,28,32). The van der Waals surface area contributed by atoms with Crippen molar-refractivity contribution in [3.63, 3.8) is 0 Å². The molecule has 0 spiro atoms. The summed E-state index contributed by atoms with van der Waals surface area (Å²) in [6.07, 6.45) is 1.71. The van der Waals surface area contributed by atoms with Gasteiger partial charge in [-0.05, 0) is 49.5 Å². The molecule has 2 aromatic heterocycles. The molecular formula is C23H20FN5O2S. The monoisotopic (exact) mass is 449 g/mol. The number of halogens is 1. The molecule has 0 bridgehead atoms. The number of hydrogen-bond donors (Lipinski definition) is 2. The molecule has 0 aliphatic carbocycles. The second-order valence-electron chi connectivity index (χ2n) is 7.11. The highest BCUT2D eigenvalue weighted by atomic mass is 32.1. The first kappa shape index (κ1) is 21.4. The maximum absolute atomic E-state index is 13.0. The molecule has 0 atom stereocenters. The van der Waals surface area contributed by atoms with E-state index < -0.39 is 0 Å². The number of pyridine rings is 1. The molecular weight excluding hydrogens is 429 g/mol. The second kappa shape index (κ2) is 9.52.